The lowest BCUT2D eigenvalue weighted by atomic mass is 9.95. The molecule has 0 atom stereocenters. The van der Waals surface area contributed by atoms with E-state index in [0.717, 1.165) is 43.2 Å². The molecule has 0 bridgehead atoms. The highest BCUT2D eigenvalue weighted by Gasteiger charge is 2.23. The summed E-state index contributed by atoms with van der Waals surface area (Å²) in [6.07, 6.45) is 0. The van der Waals surface area contributed by atoms with Gasteiger partial charge < -0.3 is 28.8 Å². The molecule has 1 N–H and O–H groups in total. The van der Waals surface area contributed by atoms with Crippen LogP contribution in [0.2, 0.25) is 0 Å². The number of thioether (sulfide) groups is 2. The van der Waals surface area contributed by atoms with E-state index in [1.807, 2.05) is 121 Å². The molecule has 0 amide bonds. The number of carbonyl (C=O) groups excluding carboxylic acids is 1. The summed E-state index contributed by atoms with van der Waals surface area (Å²) in [7, 11) is 4.43. The largest absolute Gasteiger partial charge is 0.478 e. The summed E-state index contributed by atoms with van der Waals surface area (Å²) in [6.45, 7) is 0.0518. The Kier molecular flexibility index (Phi) is 15.8. The van der Waals surface area contributed by atoms with Gasteiger partial charge in [0.1, 0.15) is 22.6 Å². The van der Waals surface area contributed by atoms with Gasteiger partial charge in [-0.05, 0) is 69.8 Å². The molecule has 0 fully saturated rings. The molecular weight excluding hydrogens is 733 g/mol. The summed E-state index contributed by atoms with van der Waals surface area (Å²) in [6, 6.07) is 47.2. The van der Waals surface area contributed by atoms with Gasteiger partial charge in [0, 0.05) is 35.5 Å². The highest BCUT2D eigenvalue weighted by Crippen LogP contribution is 2.38. The molecule has 10 heteroatoms. The molecule has 0 aliphatic heterocycles. The molecule has 0 aromatic heterocycles. The summed E-state index contributed by atoms with van der Waals surface area (Å²) >= 11 is 3.26. The summed E-state index contributed by atoms with van der Waals surface area (Å²) < 4.78 is 26.2. The SMILES string of the molecule is COCOc1ccc(-c2ccccc2)c(CSc2ccccc2)c1C(=O)O.COCOc1ccc(-c2ccccc2)c(CSc2ccccc2)c1C(=O)OC. The number of esters is 1. The van der Waals surface area contributed by atoms with Crippen molar-refractivity contribution in [2.75, 3.05) is 34.9 Å². The monoisotopic (exact) mass is 774 g/mol. The van der Waals surface area contributed by atoms with Crippen LogP contribution in [-0.4, -0.2) is 52.0 Å². The molecular formula is C45H42O8S2. The Labute approximate surface area is 330 Å². The number of rotatable bonds is 16. The van der Waals surface area contributed by atoms with Crippen LogP contribution in [-0.2, 0) is 25.7 Å². The highest BCUT2D eigenvalue weighted by molar-refractivity contribution is 7.98. The maximum atomic E-state index is 12.7. The summed E-state index contributed by atoms with van der Waals surface area (Å²) in [5.41, 5.74) is 6.10. The van der Waals surface area contributed by atoms with E-state index in [0.29, 0.717) is 28.6 Å². The van der Waals surface area contributed by atoms with Gasteiger partial charge in [-0.1, -0.05) is 109 Å². The van der Waals surface area contributed by atoms with Gasteiger partial charge in [0.15, 0.2) is 13.6 Å². The topological polar surface area (TPSA) is 101 Å². The molecule has 6 rings (SSSR count). The van der Waals surface area contributed by atoms with E-state index in [2.05, 4.69) is 12.1 Å². The van der Waals surface area contributed by atoms with Crippen LogP contribution in [0.4, 0.5) is 0 Å². The fourth-order valence-electron chi connectivity index (χ4n) is 5.72. The van der Waals surface area contributed by atoms with Gasteiger partial charge in [0.2, 0.25) is 0 Å². The summed E-state index contributed by atoms with van der Waals surface area (Å²) in [5.74, 6) is 0.447. The fraction of sp³-hybridized carbons (Fsp3) is 0.156. The van der Waals surface area contributed by atoms with E-state index in [9.17, 15) is 14.7 Å². The van der Waals surface area contributed by atoms with Gasteiger partial charge in [-0.15, -0.1) is 23.5 Å². The third-order valence-electron chi connectivity index (χ3n) is 8.24. The zero-order valence-electron chi connectivity index (χ0n) is 30.8. The Bertz CT molecular complexity index is 2110. The lowest BCUT2D eigenvalue weighted by molar-refractivity contribution is 0.0462. The van der Waals surface area contributed by atoms with Gasteiger partial charge in [-0.2, -0.15) is 0 Å². The van der Waals surface area contributed by atoms with E-state index in [1.165, 1.54) is 14.2 Å². The average molecular weight is 775 g/mol. The molecule has 0 saturated carbocycles. The van der Waals surface area contributed by atoms with Crippen LogP contribution in [0.1, 0.15) is 31.8 Å². The van der Waals surface area contributed by atoms with Crippen LogP contribution >= 0.6 is 23.5 Å². The van der Waals surface area contributed by atoms with E-state index in [4.69, 9.17) is 23.7 Å². The smallest absolute Gasteiger partial charge is 0.341 e. The minimum Gasteiger partial charge on any atom is -0.478 e. The second kappa shape index (κ2) is 21.4. The lowest BCUT2D eigenvalue weighted by Crippen LogP contribution is -2.11. The number of hydrogen-bond donors (Lipinski definition) is 1. The van der Waals surface area contributed by atoms with Crippen molar-refractivity contribution in [3.8, 4) is 33.8 Å². The van der Waals surface area contributed by atoms with Crippen LogP contribution in [0.3, 0.4) is 0 Å². The number of methoxy groups -OCH3 is 3. The molecule has 0 aliphatic rings. The molecule has 0 saturated heterocycles. The molecule has 55 heavy (non-hydrogen) atoms. The molecule has 0 unspecified atom stereocenters. The Morgan fingerprint density at radius 2 is 0.891 bits per heavy atom. The third-order valence-corrected chi connectivity index (χ3v) is 10.3. The average Bonchev–Trinajstić information content (AvgIpc) is 3.24. The standard InChI is InChI=1S/C23H22O4S.C22H20O4S/c1-25-16-27-21-14-13-19(17-9-5-3-6-10-17)20(22(21)23(24)26-2)15-28-18-11-7-4-8-12-18;1-25-15-26-20-13-12-18(16-8-4-2-5-9-16)19(21(20)22(23)24)14-27-17-10-6-3-7-11-17/h3-14H,15-16H2,1-2H3;2-13H,14-15H2,1H3,(H,23,24). The van der Waals surface area contributed by atoms with E-state index >= 15 is 0 Å². The number of carboxylic acids is 1. The third kappa shape index (κ3) is 11.3. The first kappa shape index (κ1) is 40.7. The maximum absolute atomic E-state index is 12.7. The molecule has 0 radical (unpaired) electrons. The van der Waals surface area contributed by atoms with Crippen LogP contribution < -0.4 is 9.47 Å². The number of hydrogen-bond acceptors (Lipinski definition) is 9. The van der Waals surface area contributed by atoms with Crippen LogP contribution in [0.25, 0.3) is 22.3 Å². The van der Waals surface area contributed by atoms with E-state index in [1.54, 1.807) is 42.8 Å². The predicted molar refractivity (Wildman–Crippen MR) is 219 cm³/mol. The molecule has 0 spiro atoms. The van der Waals surface area contributed by atoms with Gasteiger partial charge >= 0.3 is 11.9 Å². The van der Waals surface area contributed by atoms with Gasteiger partial charge in [0.25, 0.3) is 0 Å². The zero-order valence-corrected chi connectivity index (χ0v) is 32.4. The minimum absolute atomic E-state index is 0.00374. The van der Waals surface area contributed by atoms with Gasteiger partial charge in [0.05, 0.1) is 7.11 Å². The predicted octanol–water partition coefficient (Wildman–Crippen LogP) is 10.7. The van der Waals surface area contributed by atoms with Crippen LogP contribution in [0.15, 0.2) is 155 Å². The van der Waals surface area contributed by atoms with Crippen molar-refractivity contribution in [3.05, 3.63) is 168 Å². The molecule has 282 valence electrons. The van der Waals surface area contributed by atoms with E-state index in [-0.39, 0.29) is 19.1 Å². The number of ether oxygens (including phenoxy) is 5. The lowest BCUT2D eigenvalue weighted by Gasteiger charge is -2.18. The summed E-state index contributed by atoms with van der Waals surface area (Å²) in [4.78, 5) is 26.9. The second-order valence-corrected chi connectivity index (χ2v) is 13.9. The normalized spacial score (nSPS) is 10.5. The maximum Gasteiger partial charge on any atom is 0.341 e. The first-order valence-electron chi connectivity index (χ1n) is 17.3. The molecule has 6 aromatic rings. The molecule has 0 heterocycles. The van der Waals surface area contributed by atoms with Crippen molar-refractivity contribution in [1.29, 1.82) is 0 Å². The van der Waals surface area contributed by atoms with Crippen molar-refractivity contribution < 1.29 is 38.4 Å². The van der Waals surface area contributed by atoms with Crippen molar-refractivity contribution in [2.45, 2.75) is 21.3 Å². The first-order valence-corrected chi connectivity index (χ1v) is 19.3. The van der Waals surface area contributed by atoms with Gasteiger partial charge in [-0.3, -0.25) is 0 Å². The number of carbonyl (C=O) groups is 2. The van der Waals surface area contributed by atoms with Crippen molar-refractivity contribution in [1.82, 2.24) is 0 Å². The van der Waals surface area contributed by atoms with Crippen molar-refractivity contribution in [2.24, 2.45) is 0 Å². The second-order valence-electron chi connectivity index (χ2n) is 11.8. The molecule has 0 aliphatic carbocycles. The van der Waals surface area contributed by atoms with Crippen LogP contribution in [0, 0.1) is 0 Å². The summed E-state index contributed by atoms with van der Waals surface area (Å²) in [5, 5.41) is 9.88. The molecule has 6 aromatic carbocycles. The first-order chi connectivity index (χ1) is 26.9. The quantitative estimate of drug-likeness (QED) is 0.0581. The fourth-order valence-corrected chi connectivity index (χ4v) is 7.64. The number of benzene rings is 6. The Morgan fingerprint density at radius 1 is 0.509 bits per heavy atom. The Balaban J connectivity index is 0.000000211. The Hall–Kier alpha value is -5.52. The van der Waals surface area contributed by atoms with Crippen molar-refractivity contribution >= 4 is 35.5 Å². The minimum atomic E-state index is -1.01. The van der Waals surface area contributed by atoms with E-state index < -0.39 is 11.9 Å². The zero-order chi connectivity index (χ0) is 38.8. The highest BCUT2D eigenvalue weighted by atomic mass is 32.2. The van der Waals surface area contributed by atoms with Crippen molar-refractivity contribution in [3.63, 3.8) is 0 Å². The number of aromatic carboxylic acids is 1. The molecule has 8 nitrogen and oxygen atoms in total. The van der Waals surface area contributed by atoms with Crippen LogP contribution in [0.5, 0.6) is 11.5 Å². The Morgan fingerprint density at radius 3 is 1.27 bits per heavy atom. The number of carboxylic acid groups (broad SMARTS) is 1. The van der Waals surface area contributed by atoms with Gasteiger partial charge in [-0.25, -0.2) is 9.59 Å².